The van der Waals surface area contributed by atoms with Gasteiger partial charge in [-0.3, -0.25) is 14.4 Å². The fourth-order valence-corrected chi connectivity index (χ4v) is 1.75. The van der Waals surface area contributed by atoms with Crippen LogP contribution in [0.4, 0.5) is 0 Å². The van der Waals surface area contributed by atoms with Gasteiger partial charge in [-0.25, -0.2) is 0 Å². The summed E-state index contributed by atoms with van der Waals surface area (Å²) in [6.45, 7) is 5.72. The number of halogens is 2. The number of rotatable bonds is 7. The molecule has 0 aliphatic heterocycles. The highest BCUT2D eigenvalue weighted by molar-refractivity contribution is 6.42. The third-order valence-corrected chi connectivity index (χ3v) is 3.68. The summed E-state index contributed by atoms with van der Waals surface area (Å²) in [6.07, 6.45) is 2.41. The van der Waals surface area contributed by atoms with E-state index >= 15 is 0 Å². The van der Waals surface area contributed by atoms with Crippen molar-refractivity contribution in [1.82, 2.24) is 10.6 Å². The second-order valence-corrected chi connectivity index (χ2v) is 6.62. The number of nitrogens with one attached hydrogen (secondary N) is 2. The van der Waals surface area contributed by atoms with E-state index in [-0.39, 0.29) is 30.7 Å². The molecule has 8 nitrogen and oxygen atoms in total. The number of hydrogen-bond donors (Lipinski definition) is 4. The summed E-state index contributed by atoms with van der Waals surface area (Å²) in [5.74, 6) is -1.30. The van der Waals surface area contributed by atoms with Gasteiger partial charge in [0, 0.05) is 20.4 Å². The summed E-state index contributed by atoms with van der Waals surface area (Å²) in [7, 11) is 3.29. The van der Waals surface area contributed by atoms with Crippen molar-refractivity contribution in [2.45, 2.75) is 52.5 Å². The van der Waals surface area contributed by atoms with Gasteiger partial charge in [0.25, 0.3) is 0 Å². The van der Waals surface area contributed by atoms with Crippen LogP contribution in [0, 0.1) is 0 Å². The zero-order chi connectivity index (χ0) is 24.1. The van der Waals surface area contributed by atoms with Gasteiger partial charge in [-0.05, 0) is 31.2 Å². The maximum absolute atomic E-state index is 11.0. The first-order chi connectivity index (χ1) is 14.0. The van der Waals surface area contributed by atoms with Gasteiger partial charge in [0.15, 0.2) is 0 Å². The van der Waals surface area contributed by atoms with Gasteiger partial charge in [-0.1, -0.05) is 49.5 Å². The molecule has 0 aliphatic carbocycles. The predicted octanol–water partition coefficient (Wildman–Crippen LogP) is 2.83. The Morgan fingerprint density at radius 2 is 1.67 bits per heavy atom. The summed E-state index contributed by atoms with van der Waals surface area (Å²) >= 11 is 11.6. The highest BCUT2D eigenvalue weighted by Gasteiger charge is 2.13. The zero-order valence-corrected chi connectivity index (χ0v) is 19.6. The largest absolute Gasteiger partial charge is 0.481 e. The van der Waals surface area contributed by atoms with E-state index in [9.17, 15) is 19.2 Å². The van der Waals surface area contributed by atoms with E-state index in [1.54, 1.807) is 26.2 Å². The van der Waals surface area contributed by atoms with E-state index in [0.29, 0.717) is 22.8 Å². The molecule has 1 aromatic rings. The number of nitrogens with two attached hydrogens (primary N) is 1. The Morgan fingerprint density at radius 3 is 1.93 bits per heavy atom. The van der Waals surface area contributed by atoms with Crippen molar-refractivity contribution in [2.75, 3.05) is 14.1 Å². The van der Waals surface area contributed by atoms with Crippen molar-refractivity contribution in [3.05, 3.63) is 33.8 Å². The SMILES string of the molecule is CCC.CNC(C)=O.CN[C@@H](Cc1ccc(Cl)c(Cl)c1)C(N)=O.O=CCCC(=O)O. The summed E-state index contributed by atoms with van der Waals surface area (Å²) in [4.78, 5) is 39.7. The first-order valence-corrected chi connectivity index (χ1v) is 10.00. The second-order valence-electron chi connectivity index (χ2n) is 5.81. The Balaban J connectivity index is -0.000000404. The fourth-order valence-electron chi connectivity index (χ4n) is 1.43. The molecule has 0 spiro atoms. The molecule has 2 amide bonds. The summed E-state index contributed by atoms with van der Waals surface area (Å²) in [6, 6.07) is 4.87. The third kappa shape index (κ3) is 22.1. The zero-order valence-electron chi connectivity index (χ0n) is 18.1. The quantitative estimate of drug-likeness (QED) is 0.456. The van der Waals surface area contributed by atoms with Crippen molar-refractivity contribution in [3.8, 4) is 0 Å². The first-order valence-electron chi connectivity index (χ1n) is 9.24. The van der Waals surface area contributed by atoms with Crippen LogP contribution in [0.1, 0.15) is 45.6 Å². The normalized spacial score (nSPS) is 9.83. The number of hydrogen-bond acceptors (Lipinski definition) is 5. The van der Waals surface area contributed by atoms with Crippen LogP contribution < -0.4 is 16.4 Å². The smallest absolute Gasteiger partial charge is 0.303 e. The van der Waals surface area contributed by atoms with E-state index in [1.807, 2.05) is 6.07 Å². The van der Waals surface area contributed by atoms with Crippen molar-refractivity contribution >= 4 is 47.3 Å². The number of carbonyl (C=O) groups is 4. The minimum Gasteiger partial charge on any atom is -0.481 e. The Kier molecular flexibility index (Phi) is 23.3. The molecule has 0 saturated heterocycles. The Hall–Kier alpha value is -2.16. The number of carboxylic acids is 1. The monoisotopic (exact) mass is 465 g/mol. The van der Waals surface area contributed by atoms with E-state index in [2.05, 4.69) is 24.5 Å². The van der Waals surface area contributed by atoms with Crippen LogP contribution >= 0.6 is 23.2 Å². The van der Waals surface area contributed by atoms with E-state index in [4.69, 9.17) is 34.0 Å². The molecule has 30 heavy (non-hydrogen) atoms. The van der Waals surface area contributed by atoms with Crippen LogP contribution in [0.5, 0.6) is 0 Å². The lowest BCUT2D eigenvalue weighted by Gasteiger charge is -2.12. The average molecular weight is 466 g/mol. The van der Waals surface area contributed by atoms with Crippen LogP contribution in [0.25, 0.3) is 0 Å². The van der Waals surface area contributed by atoms with E-state index in [1.165, 1.54) is 13.3 Å². The van der Waals surface area contributed by atoms with Gasteiger partial charge in [0.1, 0.15) is 6.29 Å². The van der Waals surface area contributed by atoms with Crippen LogP contribution in [0.15, 0.2) is 18.2 Å². The van der Waals surface area contributed by atoms with Gasteiger partial charge in [-0.15, -0.1) is 0 Å². The molecule has 0 aromatic heterocycles. The van der Waals surface area contributed by atoms with Crippen molar-refractivity contribution in [2.24, 2.45) is 5.73 Å². The number of likely N-dealkylation sites (N-methyl/N-ethyl adjacent to an activating group) is 1. The molecule has 0 heterocycles. The fraction of sp³-hybridized carbons (Fsp3) is 0.500. The molecule has 0 unspecified atom stereocenters. The van der Waals surface area contributed by atoms with Crippen LogP contribution in [-0.4, -0.2) is 49.3 Å². The molecule has 0 aliphatic rings. The Bertz CT molecular complexity index is 643. The standard InChI is InChI=1S/C10H12Cl2N2O.C4H6O3.C3H7NO.C3H8/c1-14-9(10(13)15)5-6-2-3-7(11)8(12)4-6;5-3-1-2-4(6)7;1-3(5)4-2;1-3-2/h2-4,9,14H,5H2,1H3,(H2,13,15);3H,1-2H2,(H,6,7);1-2H3,(H,4,5);3H2,1-2H3/t9-;;;/m0.../s1. The number of carbonyl (C=O) groups excluding carboxylic acids is 3. The number of aldehydes is 1. The number of aliphatic carboxylic acids is 1. The summed E-state index contributed by atoms with van der Waals surface area (Å²) in [5, 5.41) is 14.1. The lowest BCUT2D eigenvalue weighted by atomic mass is 10.1. The molecule has 1 aromatic carbocycles. The van der Waals surface area contributed by atoms with E-state index < -0.39 is 5.97 Å². The van der Waals surface area contributed by atoms with Crippen LogP contribution in [-0.2, 0) is 25.6 Å². The molecular weight excluding hydrogens is 433 g/mol. The highest BCUT2D eigenvalue weighted by Crippen LogP contribution is 2.23. The number of carboxylic acid groups (broad SMARTS) is 1. The lowest BCUT2D eigenvalue weighted by Crippen LogP contribution is -2.40. The number of benzene rings is 1. The molecule has 10 heteroatoms. The van der Waals surface area contributed by atoms with Gasteiger partial charge in [-0.2, -0.15) is 0 Å². The van der Waals surface area contributed by atoms with E-state index in [0.717, 1.165) is 5.56 Å². The van der Waals surface area contributed by atoms with Crippen molar-refractivity contribution in [1.29, 1.82) is 0 Å². The predicted molar refractivity (Wildman–Crippen MR) is 121 cm³/mol. The van der Waals surface area contributed by atoms with Crippen molar-refractivity contribution < 1.29 is 24.3 Å². The molecule has 1 rings (SSSR count). The Morgan fingerprint density at radius 1 is 1.17 bits per heavy atom. The van der Waals surface area contributed by atoms with Gasteiger partial charge in [0.2, 0.25) is 11.8 Å². The lowest BCUT2D eigenvalue weighted by molar-refractivity contribution is -0.137. The number of amides is 2. The maximum atomic E-state index is 11.0. The molecule has 0 fully saturated rings. The van der Waals surface area contributed by atoms with Crippen LogP contribution in [0.3, 0.4) is 0 Å². The molecule has 1 atom stereocenters. The molecular formula is C20H33Cl2N3O5. The topological polar surface area (TPSA) is 139 Å². The summed E-state index contributed by atoms with van der Waals surface area (Å²) in [5.41, 5.74) is 6.12. The van der Waals surface area contributed by atoms with Gasteiger partial charge >= 0.3 is 5.97 Å². The molecule has 0 radical (unpaired) electrons. The van der Waals surface area contributed by atoms with Gasteiger partial charge < -0.3 is 26.3 Å². The second kappa shape index (κ2) is 21.5. The van der Waals surface area contributed by atoms with Crippen LogP contribution in [0.2, 0.25) is 10.0 Å². The van der Waals surface area contributed by atoms with Crippen molar-refractivity contribution in [3.63, 3.8) is 0 Å². The minimum atomic E-state index is -0.924. The number of primary amides is 1. The third-order valence-electron chi connectivity index (χ3n) is 2.94. The van der Waals surface area contributed by atoms with Gasteiger partial charge in [0.05, 0.1) is 22.5 Å². The molecule has 0 saturated carbocycles. The first kappa shape index (κ1) is 32.5. The molecule has 0 bridgehead atoms. The summed E-state index contributed by atoms with van der Waals surface area (Å²) < 4.78 is 0. The minimum absolute atomic E-state index is 0.00463. The Labute approximate surface area is 188 Å². The molecule has 172 valence electrons. The average Bonchev–Trinajstić information content (AvgIpc) is 2.68. The maximum Gasteiger partial charge on any atom is 0.303 e. The molecule has 5 N–H and O–H groups in total. The highest BCUT2D eigenvalue weighted by atomic mass is 35.5.